The number of halogens is 6. The van der Waals surface area contributed by atoms with Gasteiger partial charge in [0.15, 0.2) is 5.69 Å². The maximum Gasteiger partial charge on any atom is 0.435 e. The molecule has 2 amide bonds. The molecule has 4 aromatic rings. The van der Waals surface area contributed by atoms with E-state index in [1.807, 2.05) is 0 Å². The van der Waals surface area contributed by atoms with E-state index in [1.165, 1.54) is 22.9 Å². The molecule has 0 saturated heterocycles. The van der Waals surface area contributed by atoms with Crippen molar-refractivity contribution in [2.45, 2.75) is 58.3 Å². The summed E-state index contributed by atoms with van der Waals surface area (Å²) in [6.07, 6.45) is -1.43. The summed E-state index contributed by atoms with van der Waals surface area (Å²) >= 11 is 0. The Bertz CT molecular complexity index is 1670. The molecule has 5 rings (SSSR count). The molecule has 0 radical (unpaired) electrons. The van der Waals surface area contributed by atoms with Gasteiger partial charge in [-0.25, -0.2) is 13.2 Å². The smallest absolute Gasteiger partial charge is 0.372 e. The van der Waals surface area contributed by atoms with E-state index in [0.29, 0.717) is 53.9 Å². The predicted octanol–water partition coefficient (Wildman–Crippen LogP) is 5.59. The van der Waals surface area contributed by atoms with Crippen LogP contribution >= 0.6 is 0 Å². The average Bonchev–Trinajstić information content (AvgIpc) is 3.37. The van der Waals surface area contributed by atoms with Crippen LogP contribution in [0.1, 0.15) is 53.2 Å². The third-order valence-electron chi connectivity index (χ3n) is 7.02. The first-order valence-corrected chi connectivity index (χ1v) is 14.0. The SMILES string of the molecule is CCn1nc(C(F)(F)F)c2c1CCC(=O)C2.Cc1cc(-c2cccnc2C(Cc2cc(F)cc(F)c2)NC=O)ccc1F.NC=O. The number of ketones is 1. The number of nitrogens with two attached hydrogens (primary N) is 1. The zero-order chi connectivity index (χ0) is 34.0. The first-order valence-electron chi connectivity index (χ1n) is 14.0. The summed E-state index contributed by atoms with van der Waals surface area (Å²) in [5.41, 5.74) is 6.75. The largest absolute Gasteiger partial charge is 0.435 e. The molecule has 46 heavy (non-hydrogen) atoms. The van der Waals surface area contributed by atoms with Crippen LogP contribution in [0, 0.1) is 24.4 Å². The van der Waals surface area contributed by atoms with Gasteiger partial charge >= 0.3 is 6.18 Å². The van der Waals surface area contributed by atoms with Crippen LogP contribution in [-0.4, -0.2) is 33.4 Å². The van der Waals surface area contributed by atoms with Gasteiger partial charge in [-0.05, 0) is 73.7 Å². The molecule has 1 atom stereocenters. The third kappa shape index (κ3) is 9.02. The number of pyridine rings is 1. The minimum absolute atomic E-state index is 0.0746. The van der Waals surface area contributed by atoms with Gasteiger partial charge in [0.2, 0.25) is 12.8 Å². The summed E-state index contributed by atoms with van der Waals surface area (Å²) in [6, 6.07) is 10.8. The van der Waals surface area contributed by atoms with E-state index in [1.54, 1.807) is 44.3 Å². The molecule has 2 aromatic heterocycles. The number of nitrogens with one attached hydrogen (secondary N) is 1. The summed E-state index contributed by atoms with van der Waals surface area (Å²) in [5, 5.41) is 6.22. The average molecular weight is 648 g/mol. The highest BCUT2D eigenvalue weighted by atomic mass is 19.4. The van der Waals surface area contributed by atoms with Crippen molar-refractivity contribution < 1.29 is 40.7 Å². The van der Waals surface area contributed by atoms with Crippen molar-refractivity contribution in [2.75, 3.05) is 0 Å². The number of amides is 2. The van der Waals surface area contributed by atoms with Crippen LogP contribution in [-0.2, 0) is 46.4 Å². The topological polar surface area (TPSA) is 120 Å². The number of aromatic nitrogens is 3. The monoisotopic (exact) mass is 647 g/mol. The van der Waals surface area contributed by atoms with Crippen LogP contribution in [0.3, 0.4) is 0 Å². The maximum atomic E-state index is 13.6. The number of carbonyl (C=O) groups excluding carboxylic acids is 3. The number of aryl methyl sites for hydroxylation is 2. The van der Waals surface area contributed by atoms with Gasteiger partial charge in [0.25, 0.3) is 0 Å². The third-order valence-corrected chi connectivity index (χ3v) is 7.02. The van der Waals surface area contributed by atoms with Gasteiger partial charge in [-0.1, -0.05) is 12.1 Å². The first-order chi connectivity index (χ1) is 21.8. The number of hydrogen-bond donors (Lipinski definition) is 2. The molecule has 0 aliphatic heterocycles. The number of alkyl halides is 3. The molecule has 0 saturated carbocycles. The van der Waals surface area contributed by atoms with E-state index < -0.39 is 29.5 Å². The standard InChI is InChI=1S/C21H17F3N2O.C10H11F3N2O.CH3NO/c1-13-7-15(4-5-19(13)24)18-3-2-6-25-21(18)20(26-12-27)10-14-8-16(22)11-17(23)9-14;1-2-15-8-4-3-6(16)5-7(8)9(14-15)10(11,12)13;2-1-3/h2-9,11-12,20H,10H2,1H3,(H,26,27);2-5H2,1H3;1H,(H2,2,3). The van der Waals surface area contributed by atoms with Crippen molar-refractivity contribution in [2.24, 2.45) is 5.73 Å². The van der Waals surface area contributed by atoms with E-state index >= 15 is 0 Å². The molecule has 2 heterocycles. The molecule has 14 heteroatoms. The Morgan fingerprint density at radius 3 is 2.30 bits per heavy atom. The van der Waals surface area contributed by atoms with Crippen molar-refractivity contribution in [3.63, 3.8) is 0 Å². The minimum Gasteiger partial charge on any atom is -0.372 e. The fourth-order valence-corrected chi connectivity index (χ4v) is 5.07. The lowest BCUT2D eigenvalue weighted by molar-refractivity contribution is -0.142. The molecule has 0 bridgehead atoms. The second-order valence-corrected chi connectivity index (χ2v) is 10.2. The summed E-state index contributed by atoms with van der Waals surface area (Å²) in [7, 11) is 0. The summed E-state index contributed by atoms with van der Waals surface area (Å²) < 4.78 is 80.0. The van der Waals surface area contributed by atoms with E-state index in [2.05, 4.69) is 21.1 Å². The van der Waals surface area contributed by atoms with Gasteiger partial charge in [0.1, 0.15) is 23.2 Å². The molecule has 1 aliphatic rings. The Balaban J connectivity index is 0.000000257. The fraction of sp³-hybridized carbons (Fsp3) is 0.281. The van der Waals surface area contributed by atoms with E-state index in [0.717, 1.165) is 11.6 Å². The van der Waals surface area contributed by atoms with Gasteiger partial charge in [-0.3, -0.25) is 24.0 Å². The number of hydrogen-bond acceptors (Lipinski definition) is 5. The van der Waals surface area contributed by atoms with E-state index in [9.17, 15) is 35.9 Å². The Morgan fingerprint density at radius 2 is 1.72 bits per heavy atom. The maximum absolute atomic E-state index is 13.6. The Labute approximate surface area is 260 Å². The number of rotatable bonds is 7. The van der Waals surface area contributed by atoms with Gasteiger partial charge in [-0.2, -0.15) is 18.3 Å². The molecule has 244 valence electrons. The van der Waals surface area contributed by atoms with Crippen LogP contribution in [0.15, 0.2) is 54.7 Å². The normalized spacial score (nSPS) is 12.9. The Morgan fingerprint density at radius 1 is 1.04 bits per heavy atom. The van der Waals surface area contributed by atoms with Crippen LogP contribution in [0.5, 0.6) is 0 Å². The lowest BCUT2D eigenvalue weighted by atomic mass is 9.94. The first kappa shape index (κ1) is 35.5. The van der Waals surface area contributed by atoms with E-state index in [4.69, 9.17) is 4.79 Å². The highest BCUT2D eigenvalue weighted by Crippen LogP contribution is 2.35. The van der Waals surface area contributed by atoms with Crippen molar-refractivity contribution in [1.29, 1.82) is 0 Å². The van der Waals surface area contributed by atoms with E-state index in [-0.39, 0.29) is 36.4 Å². The van der Waals surface area contributed by atoms with Crippen LogP contribution in [0.2, 0.25) is 0 Å². The molecule has 2 aromatic carbocycles. The van der Waals surface area contributed by atoms with Gasteiger partial charge in [0, 0.05) is 48.5 Å². The van der Waals surface area contributed by atoms with Crippen molar-refractivity contribution in [1.82, 2.24) is 20.1 Å². The molecular weight excluding hydrogens is 616 g/mol. The van der Waals surface area contributed by atoms with Crippen molar-refractivity contribution >= 4 is 18.6 Å². The lowest BCUT2D eigenvalue weighted by Crippen LogP contribution is -2.23. The van der Waals surface area contributed by atoms with Gasteiger partial charge < -0.3 is 11.1 Å². The number of primary amides is 1. The molecular formula is C32H31F6N5O3. The van der Waals surface area contributed by atoms with Crippen LogP contribution < -0.4 is 11.1 Å². The molecule has 3 N–H and O–H groups in total. The minimum atomic E-state index is -4.47. The highest BCUT2D eigenvalue weighted by Gasteiger charge is 2.40. The molecule has 1 aliphatic carbocycles. The summed E-state index contributed by atoms with van der Waals surface area (Å²) in [4.78, 5) is 35.3. The molecule has 8 nitrogen and oxygen atoms in total. The van der Waals surface area contributed by atoms with Gasteiger partial charge in [-0.15, -0.1) is 0 Å². The number of fused-ring (bicyclic) bond motifs is 1. The number of Topliss-reactive ketones (excluding diaryl/α,β-unsaturated/α-hetero) is 1. The number of carbonyl (C=O) groups is 3. The number of nitrogens with zero attached hydrogens (tertiary/aromatic N) is 3. The quantitative estimate of drug-likeness (QED) is 0.200. The Kier molecular flexibility index (Phi) is 12.2. The van der Waals surface area contributed by atoms with Crippen LogP contribution in [0.4, 0.5) is 26.3 Å². The summed E-state index contributed by atoms with van der Waals surface area (Å²) in [6.45, 7) is 3.79. The zero-order valence-corrected chi connectivity index (χ0v) is 24.9. The lowest BCUT2D eigenvalue weighted by Gasteiger charge is -2.19. The highest BCUT2D eigenvalue weighted by molar-refractivity contribution is 5.83. The summed E-state index contributed by atoms with van der Waals surface area (Å²) in [5.74, 6) is -1.84. The Hall–Kier alpha value is -5.01. The zero-order valence-electron chi connectivity index (χ0n) is 24.9. The number of benzene rings is 2. The second-order valence-electron chi connectivity index (χ2n) is 10.2. The van der Waals surface area contributed by atoms with Crippen molar-refractivity contribution in [3.05, 3.63) is 106 Å². The van der Waals surface area contributed by atoms with Crippen molar-refractivity contribution in [3.8, 4) is 11.1 Å². The molecule has 0 fully saturated rings. The fourth-order valence-electron chi connectivity index (χ4n) is 5.07. The predicted molar refractivity (Wildman–Crippen MR) is 157 cm³/mol. The van der Waals surface area contributed by atoms with Crippen LogP contribution in [0.25, 0.3) is 11.1 Å². The molecule has 0 spiro atoms. The van der Waals surface area contributed by atoms with Gasteiger partial charge in [0.05, 0.1) is 11.7 Å². The molecule has 1 unspecified atom stereocenters. The second kappa shape index (κ2) is 15.8.